The van der Waals surface area contributed by atoms with Crippen LogP contribution in [-0.4, -0.2) is 48.2 Å². The minimum Gasteiger partial charge on any atom is -0.333 e. The molecule has 1 atom stereocenters. The van der Waals surface area contributed by atoms with Gasteiger partial charge < -0.3 is 9.47 Å². The van der Waals surface area contributed by atoms with Gasteiger partial charge in [-0.05, 0) is 36.2 Å². The van der Waals surface area contributed by atoms with E-state index in [2.05, 4.69) is 20.3 Å². The maximum absolute atomic E-state index is 13.0. The number of hydrogen-bond donors (Lipinski definition) is 1. The number of carbonyl (C=O) groups is 3. The first-order valence-electron chi connectivity index (χ1n) is 11.0. The number of carbonyl (C=O) groups excluding carboxylic acids is 3. The van der Waals surface area contributed by atoms with Crippen molar-refractivity contribution in [2.45, 2.75) is 25.4 Å². The van der Waals surface area contributed by atoms with Gasteiger partial charge >= 0.3 is 0 Å². The van der Waals surface area contributed by atoms with E-state index in [1.165, 1.54) is 0 Å². The van der Waals surface area contributed by atoms with Crippen molar-refractivity contribution < 1.29 is 14.4 Å². The summed E-state index contributed by atoms with van der Waals surface area (Å²) in [6.07, 6.45) is 5.67. The van der Waals surface area contributed by atoms with Crippen molar-refractivity contribution in [2.24, 2.45) is 7.05 Å². The van der Waals surface area contributed by atoms with Gasteiger partial charge in [0.25, 0.3) is 5.91 Å². The SMILES string of the molecule is Cn1cnc(-c2ccc3c(c2)CN([C@H]2CCC(=O)NC2=O)C3=O)c1-c1ccc2nccnc2c1. The zero-order valence-electron chi connectivity index (χ0n) is 18.4. The van der Waals surface area contributed by atoms with Crippen LogP contribution in [0.15, 0.2) is 55.1 Å². The highest BCUT2D eigenvalue weighted by Crippen LogP contribution is 2.35. The molecule has 0 radical (unpaired) electrons. The largest absolute Gasteiger partial charge is 0.333 e. The van der Waals surface area contributed by atoms with E-state index in [0.29, 0.717) is 18.5 Å². The molecule has 2 aliphatic heterocycles. The summed E-state index contributed by atoms with van der Waals surface area (Å²) in [5.41, 5.74) is 6.60. The van der Waals surface area contributed by atoms with Crippen LogP contribution in [0.1, 0.15) is 28.8 Å². The van der Waals surface area contributed by atoms with Crippen LogP contribution in [0.25, 0.3) is 33.5 Å². The third-order valence-electron chi connectivity index (χ3n) is 6.48. The quantitative estimate of drug-likeness (QED) is 0.478. The highest BCUT2D eigenvalue weighted by molar-refractivity contribution is 6.05. The molecule has 0 saturated carbocycles. The normalized spacial score (nSPS) is 17.9. The Bertz CT molecular complexity index is 1510. The van der Waals surface area contributed by atoms with E-state index < -0.39 is 11.9 Å². The van der Waals surface area contributed by atoms with E-state index >= 15 is 0 Å². The Hall–Kier alpha value is -4.40. The summed E-state index contributed by atoms with van der Waals surface area (Å²) in [5, 5.41) is 2.34. The molecule has 2 aliphatic rings. The zero-order valence-corrected chi connectivity index (χ0v) is 18.4. The summed E-state index contributed by atoms with van der Waals surface area (Å²) in [4.78, 5) is 51.8. The Morgan fingerprint density at radius 3 is 2.56 bits per heavy atom. The topological polar surface area (TPSA) is 110 Å². The number of nitrogens with one attached hydrogen (secondary N) is 1. The van der Waals surface area contributed by atoms with Gasteiger partial charge in [-0.3, -0.25) is 29.7 Å². The molecule has 2 aromatic carbocycles. The number of aromatic nitrogens is 4. The summed E-state index contributed by atoms with van der Waals surface area (Å²) in [6, 6.07) is 10.9. The van der Waals surface area contributed by atoms with Gasteiger partial charge in [0, 0.05) is 49.1 Å². The fourth-order valence-electron chi connectivity index (χ4n) is 4.81. The monoisotopic (exact) mass is 452 g/mol. The van der Waals surface area contributed by atoms with Crippen LogP contribution in [-0.2, 0) is 23.2 Å². The molecule has 0 spiro atoms. The molecule has 1 N–H and O–H groups in total. The number of rotatable bonds is 3. The molecule has 3 amide bonds. The average Bonchev–Trinajstić information content (AvgIpc) is 3.38. The molecule has 1 saturated heterocycles. The molecule has 0 bridgehead atoms. The number of fused-ring (bicyclic) bond motifs is 2. The molecule has 0 unspecified atom stereocenters. The fraction of sp³-hybridized carbons (Fsp3) is 0.200. The lowest BCUT2D eigenvalue weighted by atomic mass is 10.0. The summed E-state index contributed by atoms with van der Waals surface area (Å²) in [5.74, 6) is -0.899. The number of nitrogens with zero attached hydrogens (tertiary/aromatic N) is 5. The molecule has 1 fully saturated rings. The van der Waals surface area contributed by atoms with Crippen molar-refractivity contribution in [1.82, 2.24) is 29.7 Å². The number of imidazole rings is 1. The lowest BCUT2D eigenvalue weighted by Gasteiger charge is -2.29. The highest BCUT2D eigenvalue weighted by Gasteiger charge is 2.39. The molecule has 4 heterocycles. The summed E-state index contributed by atoms with van der Waals surface area (Å²) < 4.78 is 1.96. The first kappa shape index (κ1) is 20.2. The molecule has 9 nitrogen and oxygen atoms in total. The smallest absolute Gasteiger partial charge is 0.255 e. The van der Waals surface area contributed by atoms with Crippen LogP contribution in [0.4, 0.5) is 0 Å². The maximum Gasteiger partial charge on any atom is 0.255 e. The Labute approximate surface area is 194 Å². The zero-order chi connectivity index (χ0) is 23.4. The van der Waals surface area contributed by atoms with Gasteiger partial charge in [-0.2, -0.15) is 0 Å². The summed E-state index contributed by atoms with van der Waals surface area (Å²) in [6.45, 7) is 0.321. The number of aryl methyl sites for hydroxylation is 1. The van der Waals surface area contributed by atoms with Gasteiger partial charge in [0.2, 0.25) is 11.8 Å². The number of amides is 3. The first-order valence-corrected chi connectivity index (χ1v) is 11.0. The molecule has 168 valence electrons. The third kappa shape index (κ3) is 3.16. The van der Waals surface area contributed by atoms with Gasteiger partial charge in [0.05, 0.1) is 28.7 Å². The summed E-state index contributed by atoms with van der Waals surface area (Å²) >= 11 is 0. The van der Waals surface area contributed by atoms with Gasteiger partial charge in [0.15, 0.2) is 0 Å². The number of imide groups is 1. The lowest BCUT2D eigenvalue weighted by Crippen LogP contribution is -2.52. The van der Waals surface area contributed by atoms with Crippen LogP contribution in [0.3, 0.4) is 0 Å². The molecule has 4 aromatic rings. The van der Waals surface area contributed by atoms with Crippen molar-refractivity contribution >= 4 is 28.8 Å². The number of piperidine rings is 1. The van der Waals surface area contributed by atoms with E-state index in [1.807, 2.05) is 41.9 Å². The van der Waals surface area contributed by atoms with E-state index in [0.717, 1.165) is 39.1 Å². The predicted molar refractivity (Wildman–Crippen MR) is 123 cm³/mol. The Balaban J connectivity index is 1.36. The van der Waals surface area contributed by atoms with E-state index in [4.69, 9.17) is 0 Å². The molecule has 9 heteroatoms. The average molecular weight is 452 g/mol. The Morgan fingerprint density at radius 2 is 1.74 bits per heavy atom. The second-order valence-corrected chi connectivity index (χ2v) is 8.58. The second-order valence-electron chi connectivity index (χ2n) is 8.58. The van der Waals surface area contributed by atoms with Crippen LogP contribution in [0, 0.1) is 0 Å². The van der Waals surface area contributed by atoms with Crippen LogP contribution < -0.4 is 5.32 Å². The Morgan fingerprint density at radius 1 is 0.941 bits per heavy atom. The van der Waals surface area contributed by atoms with Crippen LogP contribution in [0.2, 0.25) is 0 Å². The van der Waals surface area contributed by atoms with Crippen molar-refractivity contribution in [2.75, 3.05) is 0 Å². The van der Waals surface area contributed by atoms with E-state index in [-0.39, 0.29) is 18.2 Å². The van der Waals surface area contributed by atoms with E-state index in [1.54, 1.807) is 29.7 Å². The standard InChI is InChI=1S/C25H20N6O3/c1-30-13-28-22(23(30)15-3-5-18-19(11-15)27-9-8-26-18)14-2-4-17-16(10-14)12-31(25(17)34)20-6-7-21(32)29-24(20)33/h2-5,8-11,13,20H,6-7,12H2,1H3,(H,29,32,33)/t20-/m0/s1. The molecule has 6 rings (SSSR count). The van der Waals surface area contributed by atoms with Crippen molar-refractivity contribution in [3.63, 3.8) is 0 Å². The van der Waals surface area contributed by atoms with Crippen molar-refractivity contribution in [3.8, 4) is 22.5 Å². The van der Waals surface area contributed by atoms with Gasteiger partial charge in [-0.25, -0.2) is 4.98 Å². The molecule has 34 heavy (non-hydrogen) atoms. The van der Waals surface area contributed by atoms with Gasteiger partial charge in [-0.15, -0.1) is 0 Å². The predicted octanol–water partition coefficient (Wildman–Crippen LogP) is 2.46. The van der Waals surface area contributed by atoms with Crippen LogP contribution in [0.5, 0.6) is 0 Å². The van der Waals surface area contributed by atoms with Crippen molar-refractivity contribution in [3.05, 3.63) is 66.2 Å². The van der Waals surface area contributed by atoms with Crippen molar-refractivity contribution in [1.29, 1.82) is 0 Å². The fourth-order valence-corrected chi connectivity index (χ4v) is 4.81. The lowest BCUT2D eigenvalue weighted by molar-refractivity contribution is -0.136. The van der Waals surface area contributed by atoms with Crippen LogP contribution >= 0.6 is 0 Å². The van der Waals surface area contributed by atoms with E-state index in [9.17, 15) is 14.4 Å². The number of hydrogen-bond acceptors (Lipinski definition) is 6. The first-order chi connectivity index (χ1) is 16.5. The third-order valence-corrected chi connectivity index (χ3v) is 6.48. The molecule has 0 aliphatic carbocycles. The van der Waals surface area contributed by atoms with Gasteiger partial charge in [0.1, 0.15) is 6.04 Å². The minimum absolute atomic E-state index is 0.189. The number of benzene rings is 2. The molecular formula is C25H20N6O3. The maximum atomic E-state index is 13.0. The molecular weight excluding hydrogens is 432 g/mol. The second kappa shape index (κ2) is 7.58. The summed E-state index contributed by atoms with van der Waals surface area (Å²) in [7, 11) is 1.94. The highest BCUT2D eigenvalue weighted by atomic mass is 16.2. The Kier molecular flexibility index (Phi) is 4.51. The molecule has 2 aromatic heterocycles. The van der Waals surface area contributed by atoms with Gasteiger partial charge in [-0.1, -0.05) is 12.1 Å². The minimum atomic E-state index is -0.634.